The van der Waals surface area contributed by atoms with Crippen LogP contribution in [0.5, 0.6) is 0 Å². The summed E-state index contributed by atoms with van der Waals surface area (Å²) in [5.41, 5.74) is 2.16. The van der Waals surface area contributed by atoms with Crippen molar-refractivity contribution in [3.63, 3.8) is 0 Å². The first-order chi connectivity index (χ1) is 13.4. The Kier molecular flexibility index (Phi) is 11.0. The Hall–Kier alpha value is -0.730. The Morgan fingerprint density at radius 2 is 1.43 bits per heavy atom. The molecule has 0 aliphatic carbocycles. The zero-order chi connectivity index (χ0) is 23.9. The summed E-state index contributed by atoms with van der Waals surface area (Å²) in [4.78, 5) is 12.9. The van der Waals surface area contributed by atoms with Gasteiger partial charge >= 0.3 is 0 Å². The van der Waals surface area contributed by atoms with Crippen molar-refractivity contribution >= 4 is 5.91 Å². The van der Waals surface area contributed by atoms with E-state index in [9.17, 15) is 9.90 Å². The van der Waals surface area contributed by atoms with E-state index in [0.717, 1.165) is 6.42 Å². The van der Waals surface area contributed by atoms with Crippen molar-refractivity contribution < 1.29 is 24.1 Å². The molecule has 2 unspecified atom stereocenters. The fraction of sp³-hybridized carbons (Fsp3) is 0.957. The lowest BCUT2D eigenvalue weighted by Crippen LogP contribution is -2.54. The molecular formula is C23H48N2O5. The van der Waals surface area contributed by atoms with Crippen LogP contribution in [0.25, 0.3) is 0 Å². The van der Waals surface area contributed by atoms with Gasteiger partial charge in [0.1, 0.15) is 5.60 Å². The topological polar surface area (TPSA) is 103 Å². The molecule has 0 radical (unpaired) electrons. The van der Waals surface area contributed by atoms with Crippen molar-refractivity contribution in [2.24, 2.45) is 5.73 Å². The summed E-state index contributed by atoms with van der Waals surface area (Å²) in [5.74, 6) is -0.220. The van der Waals surface area contributed by atoms with Gasteiger partial charge in [-0.15, -0.1) is 0 Å². The van der Waals surface area contributed by atoms with Crippen molar-refractivity contribution in [1.29, 1.82) is 0 Å². The Bertz CT molecular complexity index is 532. The van der Waals surface area contributed by atoms with E-state index < -0.39 is 22.4 Å². The Morgan fingerprint density at radius 3 is 1.90 bits per heavy atom. The first kappa shape index (κ1) is 29.3. The van der Waals surface area contributed by atoms with Gasteiger partial charge in [-0.05, 0) is 81.2 Å². The van der Waals surface area contributed by atoms with E-state index in [4.69, 9.17) is 19.9 Å². The van der Waals surface area contributed by atoms with Gasteiger partial charge < -0.3 is 30.4 Å². The molecule has 0 aromatic rings. The van der Waals surface area contributed by atoms with Crippen LogP contribution >= 0.6 is 0 Å². The summed E-state index contributed by atoms with van der Waals surface area (Å²) in [6, 6.07) is 0. The molecule has 0 aliphatic heterocycles. The highest BCUT2D eigenvalue weighted by Gasteiger charge is 2.39. The largest absolute Gasteiger partial charge is 0.388 e. The minimum atomic E-state index is -1.04. The van der Waals surface area contributed by atoms with Crippen molar-refractivity contribution in [3.8, 4) is 0 Å². The van der Waals surface area contributed by atoms with Gasteiger partial charge in [0.15, 0.2) is 0 Å². The van der Waals surface area contributed by atoms with Crippen LogP contribution in [0.3, 0.4) is 0 Å². The molecule has 0 aliphatic rings. The number of ether oxygens (including phenoxy) is 3. The lowest BCUT2D eigenvalue weighted by atomic mass is 9.99. The van der Waals surface area contributed by atoms with E-state index >= 15 is 0 Å². The van der Waals surface area contributed by atoms with Crippen LogP contribution in [-0.2, 0) is 19.0 Å². The second-order valence-corrected chi connectivity index (χ2v) is 10.6. The third-order valence-corrected chi connectivity index (χ3v) is 5.52. The SMILES string of the molecule is CCC(C)(O)COC(C)(C)CNC(=O)C(C)(C)OC(C)(CC)COC(C)(C)CCN. The maximum atomic E-state index is 12.9. The number of hydrogen-bond acceptors (Lipinski definition) is 6. The summed E-state index contributed by atoms with van der Waals surface area (Å²) in [5, 5.41) is 13.1. The molecule has 30 heavy (non-hydrogen) atoms. The van der Waals surface area contributed by atoms with Crippen LogP contribution in [0, 0.1) is 0 Å². The van der Waals surface area contributed by atoms with E-state index in [0.29, 0.717) is 32.5 Å². The van der Waals surface area contributed by atoms with Gasteiger partial charge in [-0.3, -0.25) is 4.79 Å². The Labute approximate surface area is 184 Å². The van der Waals surface area contributed by atoms with Crippen LogP contribution in [0.4, 0.5) is 0 Å². The molecule has 0 fully saturated rings. The average molecular weight is 433 g/mol. The first-order valence-electron chi connectivity index (χ1n) is 11.1. The molecule has 0 aromatic carbocycles. The zero-order valence-electron chi connectivity index (χ0n) is 21.1. The molecule has 7 heteroatoms. The van der Waals surface area contributed by atoms with E-state index in [1.54, 1.807) is 20.8 Å². The van der Waals surface area contributed by atoms with Gasteiger partial charge in [-0.25, -0.2) is 0 Å². The third-order valence-electron chi connectivity index (χ3n) is 5.52. The van der Waals surface area contributed by atoms with Crippen LogP contribution in [-0.4, -0.2) is 65.3 Å². The molecular weight excluding hydrogens is 384 g/mol. The quantitative estimate of drug-likeness (QED) is 0.367. The summed E-state index contributed by atoms with van der Waals surface area (Å²) in [6.45, 7) is 20.4. The fourth-order valence-electron chi connectivity index (χ4n) is 2.64. The monoisotopic (exact) mass is 432 g/mol. The van der Waals surface area contributed by atoms with Crippen molar-refractivity contribution in [1.82, 2.24) is 5.32 Å². The predicted octanol–water partition coefficient (Wildman–Crippen LogP) is 3.17. The highest BCUT2D eigenvalue weighted by molar-refractivity contribution is 5.84. The maximum Gasteiger partial charge on any atom is 0.251 e. The first-order valence-corrected chi connectivity index (χ1v) is 11.1. The maximum absolute atomic E-state index is 12.9. The molecule has 4 N–H and O–H groups in total. The normalized spacial score (nSPS) is 17.3. The molecule has 1 amide bonds. The van der Waals surface area contributed by atoms with Gasteiger partial charge in [0.2, 0.25) is 0 Å². The molecule has 0 saturated carbocycles. The van der Waals surface area contributed by atoms with Crippen LogP contribution < -0.4 is 11.1 Å². The second-order valence-electron chi connectivity index (χ2n) is 10.6. The molecule has 0 spiro atoms. The average Bonchev–Trinajstić information content (AvgIpc) is 2.63. The molecule has 0 heterocycles. The number of hydrogen-bond donors (Lipinski definition) is 3. The lowest BCUT2D eigenvalue weighted by Gasteiger charge is -2.39. The summed E-state index contributed by atoms with van der Waals surface area (Å²) in [6.07, 6.45) is 2.04. The highest BCUT2D eigenvalue weighted by Crippen LogP contribution is 2.27. The number of rotatable bonds is 15. The number of amides is 1. The zero-order valence-corrected chi connectivity index (χ0v) is 21.1. The summed E-state index contributed by atoms with van der Waals surface area (Å²) in [7, 11) is 0. The van der Waals surface area contributed by atoms with Gasteiger partial charge in [-0.1, -0.05) is 13.8 Å². The van der Waals surface area contributed by atoms with Crippen LogP contribution in [0.1, 0.15) is 88.5 Å². The Morgan fingerprint density at radius 1 is 0.900 bits per heavy atom. The van der Waals surface area contributed by atoms with E-state index in [2.05, 4.69) is 5.32 Å². The van der Waals surface area contributed by atoms with Crippen molar-refractivity contribution in [2.75, 3.05) is 26.3 Å². The highest BCUT2D eigenvalue weighted by atomic mass is 16.6. The minimum Gasteiger partial charge on any atom is -0.388 e. The number of nitrogens with one attached hydrogen (secondary N) is 1. The van der Waals surface area contributed by atoms with Gasteiger partial charge in [0.25, 0.3) is 5.91 Å². The van der Waals surface area contributed by atoms with Gasteiger partial charge in [0.05, 0.1) is 35.6 Å². The summed E-state index contributed by atoms with van der Waals surface area (Å²) < 4.78 is 18.2. The number of aliphatic hydroxyl groups is 1. The summed E-state index contributed by atoms with van der Waals surface area (Å²) >= 11 is 0. The van der Waals surface area contributed by atoms with Gasteiger partial charge in [0, 0.05) is 6.54 Å². The van der Waals surface area contributed by atoms with Crippen molar-refractivity contribution in [2.45, 2.75) is 117 Å². The molecule has 0 bridgehead atoms. The van der Waals surface area contributed by atoms with Crippen LogP contribution in [0.2, 0.25) is 0 Å². The molecule has 7 nitrogen and oxygen atoms in total. The smallest absolute Gasteiger partial charge is 0.251 e. The number of carbonyl (C=O) groups is 1. The molecule has 0 rings (SSSR count). The van der Waals surface area contributed by atoms with E-state index in [1.807, 2.05) is 48.5 Å². The van der Waals surface area contributed by atoms with E-state index in [1.165, 1.54) is 0 Å². The Balaban J connectivity index is 4.89. The minimum absolute atomic E-state index is 0.204. The van der Waals surface area contributed by atoms with Crippen LogP contribution in [0.15, 0.2) is 0 Å². The van der Waals surface area contributed by atoms with E-state index in [-0.39, 0.29) is 18.1 Å². The van der Waals surface area contributed by atoms with Gasteiger partial charge in [-0.2, -0.15) is 0 Å². The predicted molar refractivity (Wildman–Crippen MR) is 122 cm³/mol. The number of carbonyl (C=O) groups excluding carboxylic acids is 1. The lowest BCUT2D eigenvalue weighted by molar-refractivity contribution is -0.190. The number of nitrogens with two attached hydrogens (primary N) is 1. The molecule has 0 aromatic heterocycles. The molecule has 0 saturated heterocycles. The molecule has 180 valence electrons. The second kappa shape index (κ2) is 11.2. The fourth-order valence-corrected chi connectivity index (χ4v) is 2.64. The molecule has 2 atom stereocenters. The third kappa shape index (κ3) is 11.0. The van der Waals surface area contributed by atoms with Crippen molar-refractivity contribution in [3.05, 3.63) is 0 Å². The standard InChI is InChI=1S/C23H48N2O5/c1-11-22(9,27)16-28-20(5,6)15-25-18(26)21(7,8)30-23(10,12-2)17-29-19(3,4)13-14-24/h27H,11-17,24H2,1-10H3,(H,25,26).